The molecule has 0 saturated carbocycles. The van der Waals surface area contributed by atoms with Gasteiger partial charge in [0.05, 0.1) is 12.3 Å². The third kappa shape index (κ3) is 5.02. The summed E-state index contributed by atoms with van der Waals surface area (Å²) in [6.07, 6.45) is 0.839. The lowest BCUT2D eigenvalue weighted by atomic mass is 10.0. The number of ether oxygens (including phenoxy) is 1. The van der Waals surface area contributed by atoms with Gasteiger partial charge in [0.2, 0.25) is 0 Å². The van der Waals surface area contributed by atoms with E-state index in [1.165, 1.54) is 28.1 Å². The molecule has 0 spiro atoms. The van der Waals surface area contributed by atoms with Crippen molar-refractivity contribution in [1.29, 1.82) is 0 Å². The van der Waals surface area contributed by atoms with E-state index in [0.717, 1.165) is 29.2 Å². The van der Waals surface area contributed by atoms with Crippen molar-refractivity contribution >= 4 is 33.4 Å². The first kappa shape index (κ1) is 19.3. The standard InChI is InChI=1S/C22H25N3OS/c1-2-27-22(24)25-19-10-11-21(18(14-19)15-23)26-13-12-17-8-5-7-16-6-3-4-9-20(16)17/h3-11,14H,2,12-13,15,23H2,1H3,(H2,24,25). The summed E-state index contributed by atoms with van der Waals surface area (Å²) in [5.74, 6) is 1.70. The Bertz CT molecular complexity index is 934. The molecule has 0 amide bonds. The molecule has 5 heteroatoms. The number of hydrogen-bond acceptors (Lipinski definition) is 4. The molecule has 0 saturated heterocycles. The van der Waals surface area contributed by atoms with Gasteiger partial charge in [-0.25, -0.2) is 4.99 Å². The fraction of sp³-hybridized carbons (Fsp3) is 0.227. The van der Waals surface area contributed by atoms with Crippen LogP contribution >= 0.6 is 11.8 Å². The zero-order valence-electron chi connectivity index (χ0n) is 15.5. The molecule has 0 unspecified atom stereocenters. The van der Waals surface area contributed by atoms with Crippen molar-refractivity contribution in [2.75, 3.05) is 12.4 Å². The van der Waals surface area contributed by atoms with Crippen molar-refractivity contribution in [2.24, 2.45) is 16.5 Å². The second-order valence-corrected chi connectivity index (χ2v) is 7.40. The molecule has 0 aromatic heterocycles. The van der Waals surface area contributed by atoms with Gasteiger partial charge in [-0.3, -0.25) is 0 Å². The van der Waals surface area contributed by atoms with Gasteiger partial charge in [-0.1, -0.05) is 61.2 Å². The Morgan fingerprint density at radius 3 is 2.67 bits per heavy atom. The molecule has 3 aromatic rings. The highest BCUT2D eigenvalue weighted by atomic mass is 32.2. The Labute approximate surface area is 164 Å². The number of benzene rings is 3. The summed E-state index contributed by atoms with van der Waals surface area (Å²) in [4.78, 5) is 4.41. The monoisotopic (exact) mass is 379 g/mol. The molecule has 27 heavy (non-hydrogen) atoms. The Kier molecular flexibility index (Phi) is 6.74. The number of nitrogens with two attached hydrogens (primary N) is 2. The minimum Gasteiger partial charge on any atom is -0.493 e. The van der Waals surface area contributed by atoms with E-state index in [9.17, 15) is 0 Å². The van der Waals surface area contributed by atoms with Crippen LogP contribution in [0.15, 0.2) is 65.7 Å². The van der Waals surface area contributed by atoms with Gasteiger partial charge >= 0.3 is 0 Å². The number of thioether (sulfide) groups is 1. The van der Waals surface area contributed by atoms with Gasteiger partial charge in [0.25, 0.3) is 0 Å². The van der Waals surface area contributed by atoms with Crippen LogP contribution in [-0.4, -0.2) is 17.5 Å². The van der Waals surface area contributed by atoms with E-state index in [-0.39, 0.29) is 0 Å². The number of fused-ring (bicyclic) bond motifs is 1. The highest BCUT2D eigenvalue weighted by Gasteiger charge is 2.06. The van der Waals surface area contributed by atoms with Crippen LogP contribution in [-0.2, 0) is 13.0 Å². The second kappa shape index (κ2) is 9.44. The molecule has 3 aromatic carbocycles. The summed E-state index contributed by atoms with van der Waals surface area (Å²) in [6, 6.07) is 20.6. The summed E-state index contributed by atoms with van der Waals surface area (Å²) < 4.78 is 6.02. The number of hydrogen-bond donors (Lipinski definition) is 2. The Hall–Kier alpha value is -2.50. The van der Waals surface area contributed by atoms with Crippen LogP contribution in [0.2, 0.25) is 0 Å². The molecular formula is C22H25N3OS. The molecule has 3 rings (SSSR count). The fourth-order valence-corrected chi connectivity index (χ4v) is 3.49. The fourth-order valence-electron chi connectivity index (χ4n) is 3.02. The van der Waals surface area contributed by atoms with E-state index in [4.69, 9.17) is 16.2 Å². The summed E-state index contributed by atoms with van der Waals surface area (Å²) in [5, 5.41) is 3.09. The smallest absolute Gasteiger partial charge is 0.159 e. The number of rotatable bonds is 7. The highest BCUT2D eigenvalue weighted by molar-refractivity contribution is 8.13. The predicted molar refractivity (Wildman–Crippen MR) is 117 cm³/mol. The van der Waals surface area contributed by atoms with Gasteiger partial charge in [0, 0.05) is 18.5 Å². The lowest BCUT2D eigenvalue weighted by Crippen LogP contribution is -2.07. The van der Waals surface area contributed by atoms with Gasteiger partial charge in [-0.15, -0.1) is 0 Å². The molecule has 0 atom stereocenters. The van der Waals surface area contributed by atoms with Crippen LogP contribution in [0.5, 0.6) is 5.75 Å². The zero-order valence-corrected chi connectivity index (χ0v) is 16.3. The summed E-state index contributed by atoms with van der Waals surface area (Å²) in [5.41, 5.74) is 14.8. The third-order valence-electron chi connectivity index (χ3n) is 4.30. The predicted octanol–water partition coefficient (Wildman–Crippen LogP) is 4.62. The molecule has 0 aliphatic heterocycles. The minimum atomic E-state index is 0.397. The quantitative estimate of drug-likeness (QED) is 0.464. The highest BCUT2D eigenvalue weighted by Crippen LogP contribution is 2.26. The van der Waals surface area contributed by atoms with Crippen molar-refractivity contribution in [1.82, 2.24) is 0 Å². The lowest BCUT2D eigenvalue weighted by molar-refractivity contribution is 0.319. The van der Waals surface area contributed by atoms with Gasteiger partial charge in [0.1, 0.15) is 5.75 Å². The van der Waals surface area contributed by atoms with Crippen molar-refractivity contribution in [3.05, 3.63) is 71.8 Å². The van der Waals surface area contributed by atoms with E-state index in [1.54, 1.807) is 0 Å². The molecule has 0 radical (unpaired) electrons. The molecule has 140 valence electrons. The molecular weight excluding hydrogens is 354 g/mol. The summed E-state index contributed by atoms with van der Waals surface area (Å²) >= 11 is 1.52. The molecule has 0 bridgehead atoms. The number of amidine groups is 1. The van der Waals surface area contributed by atoms with Crippen LogP contribution < -0.4 is 16.2 Å². The summed E-state index contributed by atoms with van der Waals surface area (Å²) in [7, 11) is 0. The Balaban J connectivity index is 1.69. The largest absolute Gasteiger partial charge is 0.493 e. The molecule has 0 aliphatic carbocycles. The molecule has 0 fully saturated rings. The first-order chi connectivity index (χ1) is 13.2. The zero-order chi connectivity index (χ0) is 19.1. The van der Waals surface area contributed by atoms with Gasteiger partial charge in [-0.05, 0) is 40.3 Å². The van der Waals surface area contributed by atoms with Crippen LogP contribution in [0.1, 0.15) is 18.1 Å². The second-order valence-electron chi connectivity index (χ2n) is 6.12. The maximum absolute atomic E-state index is 6.02. The van der Waals surface area contributed by atoms with Crippen LogP contribution in [0, 0.1) is 0 Å². The average Bonchev–Trinajstić information content (AvgIpc) is 2.69. The van der Waals surface area contributed by atoms with Crippen LogP contribution in [0.25, 0.3) is 10.8 Å². The van der Waals surface area contributed by atoms with Gasteiger partial charge in [0.15, 0.2) is 5.17 Å². The first-order valence-electron chi connectivity index (χ1n) is 9.10. The van der Waals surface area contributed by atoms with E-state index in [0.29, 0.717) is 18.3 Å². The lowest BCUT2D eigenvalue weighted by Gasteiger charge is -2.12. The molecule has 4 N–H and O–H groups in total. The van der Waals surface area contributed by atoms with E-state index in [1.807, 2.05) is 25.1 Å². The van der Waals surface area contributed by atoms with Crippen molar-refractivity contribution in [2.45, 2.75) is 19.9 Å². The normalized spacial score (nSPS) is 11.7. The van der Waals surface area contributed by atoms with Crippen LogP contribution in [0.4, 0.5) is 5.69 Å². The first-order valence-corrected chi connectivity index (χ1v) is 10.1. The maximum Gasteiger partial charge on any atom is 0.159 e. The summed E-state index contributed by atoms with van der Waals surface area (Å²) in [6.45, 7) is 3.04. The number of nitrogens with zero attached hydrogens (tertiary/aromatic N) is 1. The van der Waals surface area contributed by atoms with Crippen molar-refractivity contribution in [3.63, 3.8) is 0 Å². The topological polar surface area (TPSA) is 73.6 Å². The van der Waals surface area contributed by atoms with E-state index >= 15 is 0 Å². The maximum atomic E-state index is 6.02. The Morgan fingerprint density at radius 2 is 1.85 bits per heavy atom. The Morgan fingerprint density at radius 1 is 1.04 bits per heavy atom. The van der Waals surface area contributed by atoms with Crippen molar-refractivity contribution in [3.8, 4) is 5.75 Å². The molecule has 0 heterocycles. The van der Waals surface area contributed by atoms with Gasteiger partial charge in [-0.2, -0.15) is 0 Å². The minimum absolute atomic E-state index is 0.397. The van der Waals surface area contributed by atoms with Gasteiger partial charge < -0.3 is 16.2 Å². The van der Waals surface area contributed by atoms with Crippen molar-refractivity contribution < 1.29 is 4.74 Å². The molecule has 0 aliphatic rings. The molecule has 4 nitrogen and oxygen atoms in total. The average molecular weight is 380 g/mol. The van der Waals surface area contributed by atoms with Crippen LogP contribution in [0.3, 0.4) is 0 Å². The van der Waals surface area contributed by atoms with E-state index < -0.39 is 0 Å². The number of aliphatic imine (C=N–C) groups is 1. The third-order valence-corrected chi connectivity index (χ3v) is 4.98. The van der Waals surface area contributed by atoms with E-state index in [2.05, 4.69) is 47.5 Å². The SMILES string of the molecule is CCSC(N)=Nc1ccc(OCCc2cccc3ccccc23)c(CN)c1.